The predicted molar refractivity (Wildman–Crippen MR) is 71.5 cm³/mol. The largest absolute Gasteiger partial charge is 0.396 e. The average Bonchev–Trinajstić information content (AvgIpc) is 2.64. The van der Waals surface area contributed by atoms with Crippen LogP contribution in [0.4, 0.5) is 5.69 Å². The molecule has 0 saturated carbocycles. The quantitative estimate of drug-likeness (QED) is 0.882. The van der Waals surface area contributed by atoms with E-state index in [4.69, 9.17) is 5.73 Å². The third kappa shape index (κ3) is 3.28. The number of halogens is 1. The lowest BCUT2D eigenvalue weighted by Crippen LogP contribution is -2.00. The van der Waals surface area contributed by atoms with Gasteiger partial charge in [0.2, 0.25) is 0 Å². The van der Waals surface area contributed by atoms with Crippen LogP contribution in [0.2, 0.25) is 0 Å². The van der Waals surface area contributed by atoms with Crippen LogP contribution in [0.1, 0.15) is 0 Å². The summed E-state index contributed by atoms with van der Waals surface area (Å²) in [6.07, 6.45) is 3.52. The van der Waals surface area contributed by atoms with Crippen molar-refractivity contribution in [3.05, 3.63) is 41.1 Å². The molecule has 0 radical (unpaired) electrons. The van der Waals surface area contributed by atoms with Crippen molar-refractivity contribution in [1.29, 1.82) is 0 Å². The Morgan fingerprint density at radius 2 is 2.31 bits per heavy atom. The number of hydrogen-bond donors (Lipinski definition) is 1. The van der Waals surface area contributed by atoms with E-state index in [1.807, 2.05) is 34.8 Å². The number of nitrogens with two attached hydrogens (primary N) is 1. The van der Waals surface area contributed by atoms with Crippen LogP contribution in [0, 0.1) is 0 Å². The van der Waals surface area contributed by atoms with Crippen molar-refractivity contribution in [3.63, 3.8) is 0 Å². The molecule has 0 atom stereocenters. The molecule has 1 heterocycles. The second kappa shape index (κ2) is 5.41. The number of hydrogen-bond acceptors (Lipinski definition) is 3. The van der Waals surface area contributed by atoms with E-state index in [2.05, 4.69) is 33.2 Å². The maximum atomic E-state index is 5.58. The van der Waals surface area contributed by atoms with Crippen LogP contribution in [0.3, 0.4) is 0 Å². The summed E-state index contributed by atoms with van der Waals surface area (Å²) >= 11 is 5.26. The summed E-state index contributed by atoms with van der Waals surface area (Å²) in [7, 11) is 0. The molecule has 3 nitrogen and oxygen atoms in total. The van der Waals surface area contributed by atoms with Gasteiger partial charge in [-0.25, -0.2) is 0 Å². The van der Waals surface area contributed by atoms with Gasteiger partial charge in [-0.1, -0.05) is 22.0 Å². The Kier molecular flexibility index (Phi) is 3.90. The third-order valence-electron chi connectivity index (χ3n) is 2.04. The lowest BCUT2D eigenvalue weighted by Gasteiger charge is -2.02. The molecule has 16 heavy (non-hydrogen) atoms. The van der Waals surface area contributed by atoms with E-state index in [-0.39, 0.29) is 0 Å². The molecule has 2 rings (SSSR count). The molecular formula is C11H12BrN3S. The number of anilines is 1. The molecule has 0 bridgehead atoms. The van der Waals surface area contributed by atoms with Gasteiger partial charge in [-0.15, -0.1) is 11.8 Å². The van der Waals surface area contributed by atoms with Crippen LogP contribution in [-0.2, 0) is 6.54 Å². The van der Waals surface area contributed by atoms with E-state index < -0.39 is 0 Å². The average molecular weight is 298 g/mol. The third-order valence-corrected chi connectivity index (χ3v) is 3.51. The minimum absolute atomic E-state index is 0.715. The first-order valence-corrected chi connectivity index (χ1v) is 6.68. The number of nitrogen functional groups attached to an aromatic ring is 1. The molecular weight excluding hydrogens is 286 g/mol. The fourth-order valence-electron chi connectivity index (χ4n) is 1.32. The molecule has 1 aromatic heterocycles. The molecule has 0 spiro atoms. The molecule has 2 aromatic rings. The molecule has 0 fully saturated rings. The number of rotatable bonds is 4. The summed E-state index contributed by atoms with van der Waals surface area (Å²) in [6, 6.07) is 8.28. The Labute approximate surface area is 107 Å². The van der Waals surface area contributed by atoms with Gasteiger partial charge in [0.25, 0.3) is 0 Å². The van der Waals surface area contributed by atoms with Crippen molar-refractivity contribution in [1.82, 2.24) is 9.78 Å². The van der Waals surface area contributed by atoms with Crippen LogP contribution in [-0.4, -0.2) is 15.5 Å². The van der Waals surface area contributed by atoms with Crippen molar-refractivity contribution in [2.45, 2.75) is 11.4 Å². The Morgan fingerprint density at radius 3 is 3.00 bits per heavy atom. The topological polar surface area (TPSA) is 43.8 Å². The van der Waals surface area contributed by atoms with Gasteiger partial charge in [0.05, 0.1) is 18.4 Å². The highest BCUT2D eigenvalue weighted by atomic mass is 79.9. The lowest BCUT2D eigenvalue weighted by atomic mass is 10.4. The van der Waals surface area contributed by atoms with E-state index in [9.17, 15) is 0 Å². The highest BCUT2D eigenvalue weighted by molar-refractivity contribution is 9.10. The van der Waals surface area contributed by atoms with Crippen molar-refractivity contribution in [2.75, 3.05) is 11.5 Å². The molecule has 0 aliphatic carbocycles. The summed E-state index contributed by atoms with van der Waals surface area (Å²) in [5.41, 5.74) is 6.30. The number of aryl methyl sites for hydroxylation is 1. The zero-order valence-corrected chi connectivity index (χ0v) is 11.0. The van der Waals surface area contributed by atoms with Crippen LogP contribution >= 0.6 is 27.7 Å². The van der Waals surface area contributed by atoms with Gasteiger partial charge in [0.1, 0.15) is 0 Å². The summed E-state index contributed by atoms with van der Waals surface area (Å²) in [5.74, 6) is 0.984. The van der Waals surface area contributed by atoms with Crippen molar-refractivity contribution < 1.29 is 0 Å². The fourth-order valence-corrected chi connectivity index (χ4v) is 2.77. The molecule has 5 heteroatoms. The fraction of sp³-hybridized carbons (Fsp3) is 0.182. The monoisotopic (exact) mass is 297 g/mol. The van der Waals surface area contributed by atoms with Crippen LogP contribution in [0.25, 0.3) is 0 Å². The van der Waals surface area contributed by atoms with Crippen molar-refractivity contribution >= 4 is 33.4 Å². The SMILES string of the molecule is Nc1cnn(CCSc2cccc(Br)c2)c1. The minimum atomic E-state index is 0.715. The Balaban J connectivity index is 1.84. The van der Waals surface area contributed by atoms with Gasteiger partial charge in [-0.3, -0.25) is 4.68 Å². The first-order chi connectivity index (χ1) is 7.74. The highest BCUT2D eigenvalue weighted by Gasteiger charge is 1.97. The number of benzene rings is 1. The number of nitrogens with zero attached hydrogens (tertiary/aromatic N) is 2. The summed E-state index contributed by atoms with van der Waals surface area (Å²) in [5, 5.41) is 4.13. The molecule has 2 N–H and O–H groups in total. The Bertz CT molecular complexity index is 470. The van der Waals surface area contributed by atoms with Crippen LogP contribution in [0.15, 0.2) is 46.0 Å². The van der Waals surface area contributed by atoms with E-state index in [0.717, 1.165) is 16.8 Å². The molecule has 1 aromatic carbocycles. The predicted octanol–water partition coefficient (Wildman–Crippen LogP) is 3.02. The minimum Gasteiger partial charge on any atom is -0.396 e. The van der Waals surface area contributed by atoms with Crippen molar-refractivity contribution in [3.8, 4) is 0 Å². The number of thioether (sulfide) groups is 1. The standard InChI is InChI=1S/C11H12BrN3S/c12-9-2-1-3-11(6-9)16-5-4-15-8-10(13)7-14-15/h1-3,6-8H,4-5,13H2. The van der Waals surface area contributed by atoms with E-state index >= 15 is 0 Å². The van der Waals surface area contributed by atoms with Gasteiger partial charge >= 0.3 is 0 Å². The molecule has 0 unspecified atom stereocenters. The zero-order valence-electron chi connectivity index (χ0n) is 8.64. The normalized spacial score (nSPS) is 10.6. The Morgan fingerprint density at radius 1 is 1.44 bits per heavy atom. The molecule has 0 saturated heterocycles. The maximum absolute atomic E-state index is 5.58. The zero-order chi connectivity index (χ0) is 11.4. The second-order valence-electron chi connectivity index (χ2n) is 3.34. The highest BCUT2D eigenvalue weighted by Crippen LogP contribution is 2.21. The summed E-state index contributed by atoms with van der Waals surface area (Å²) in [6.45, 7) is 0.869. The first-order valence-electron chi connectivity index (χ1n) is 4.90. The molecule has 0 aliphatic rings. The number of aromatic nitrogens is 2. The van der Waals surface area contributed by atoms with Gasteiger partial charge in [-0.2, -0.15) is 5.10 Å². The molecule has 0 amide bonds. The second-order valence-corrected chi connectivity index (χ2v) is 5.43. The molecule has 0 aliphatic heterocycles. The van der Waals surface area contributed by atoms with Gasteiger partial charge in [0, 0.05) is 21.3 Å². The van der Waals surface area contributed by atoms with E-state index in [0.29, 0.717) is 5.69 Å². The van der Waals surface area contributed by atoms with Gasteiger partial charge in [0.15, 0.2) is 0 Å². The first kappa shape index (κ1) is 11.5. The van der Waals surface area contributed by atoms with E-state index in [1.165, 1.54) is 4.90 Å². The van der Waals surface area contributed by atoms with E-state index in [1.54, 1.807) is 6.20 Å². The van der Waals surface area contributed by atoms with Crippen molar-refractivity contribution in [2.24, 2.45) is 0 Å². The Hall–Kier alpha value is -0.940. The van der Waals surface area contributed by atoms with Crippen LogP contribution in [0.5, 0.6) is 0 Å². The van der Waals surface area contributed by atoms with Crippen LogP contribution < -0.4 is 5.73 Å². The maximum Gasteiger partial charge on any atom is 0.0719 e. The van der Waals surface area contributed by atoms with Gasteiger partial charge in [-0.05, 0) is 18.2 Å². The summed E-state index contributed by atoms with van der Waals surface area (Å²) < 4.78 is 2.97. The summed E-state index contributed by atoms with van der Waals surface area (Å²) in [4.78, 5) is 1.26. The molecule has 84 valence electrons. The lowest BCUT2D eigenvalue weighted by molar-refractivity contribution is 0.666. The smallest absolute Gasteiger partial charge is 0.0719 e. The van der Waals surface area contributed by atoms with Gasteiger partial charge < -0.3 is 5.73 Å².